The number of carbonyl (C=O) groups excluding carboxylic acids is 2. The number of ether oxygens (including phenoxy) is 2. The molecule has 5 rings (SSSR count). The number of nitrogens with one attached hydrogen (secondary N) is 1. The second kappa shape index (κ2) is 9.57. The van der Waals surface area contributed by atoms with Crippen LogP contribution in [0.1, 0.15) is 23.6 Å². The van der Waals surface area contributed by atoms with E-state index >= 15 is 0 Å². The van der Waals surface area contributed by atoms with Crippen LogP contribution in [0.25, 0.3) is 0 Å². The summed E-state index contributed by atoms with van der Waals surface area (Å²) < 4.78 is 40.9. The van der Waals surface area contributed by atoms with Crippen molar-refractivity contribution in [1.29, 1.82) is 0 Å². The molecule has 2 aromatic rings. The van der Waals surface area contributed by atoms with E-state index in [2.05, 4.69) is 5.32 Å². The van der Waals surface area contributed by atoms with Crippen molar-refractivity contribution in [2.24, 2.45) is 5.92 Å². The van der Waals surface area contributed by atoms with E-state index in [1.807, 2.05) is 19.6 Å². The molecule has 12 heteroatoms. The summed E-state index contributed by atoms with van der Waals surface area (Å²) in [6, 6.07) is 4.09. The van der Waals surface area contributed by atoms with Crippen LogP contribution < -0.4 is 20.0 Å². The number of aliphatic carboxylic acids is 1. The van der Waals surface area contributed by atoms with Gasteiger partial charge in [0.1, 0.15) is 17.7 Å². The molecule has 3 heterocycles. The van der Waals surface area contributed by atoms with Crippen molar-refractivity contribution < 1.29 is 37.7 Å². The van der Waals surface area contributed by atoms with Crippen LogP contribution in [0.5, 0.6) is 11.5 Å². The van der Waals surface area contributed by atoms with Gasteiger partial charge in [-0.2, -0.15) is 0 Å². The number of carboxylic acid groups (broad SMARTS) is 1. The minimum absolute atomic E-state index is 0.0372. The van der Waals surface area contributed by atoms with Crippen LogP contribution in [0.4, 0.5) is 19.3 Å². The number of hydrogen-bond donors (Lipinski definition) is 2. The lowest BCUT2D eigenvalue weighted by Gasteiger charge is -2.45. The van der Waals surface area contributed by atoms with Gasteiger partial charge >= 0.3 is 12.0 Å². The molecule has 3 aliphatic rings. The quantitative estimate of drug-likeness (QED) is 0.559. The standard InChI is InChI=1S/C26H29F2N3O6Si/c1-38(2,3)24-18(27)9-15(10-19(24)28)29-25(34)22-16-4-5-20-23(37-13-36-20)17(16)6-7-31(22)26(35)30-11-14(12-30)8-21(32)33/h4-5,9-10,14,22H,6-8,11-13H2,1-3H3,(H,29,34)(H,32,33)/t22-/m1/s1. The minimum Gasteiger partial charge on any atom is -0.481 e. The van der Waals surface area contributed by atoms with Crippen molar-refractivity contribution in [2.75, 3.05) is 31.7 Å². The summed E-state index contributed by atoms with van der Waals surface area (Å²) in [6.07, 6.45) is 0.377. The number of hydrogen-bond acceptors (Lipinski definition) is 5. The normalized spacial score (nSPS) is 18.6. The highest BCUT2D eigenvalue weighted by molar-refractivity contribution is 6.88. The third-order valence-electron chi connectivity index (χ3n) is 7.13. The molecule has 9 nitrogen and oxygen atoms in total. The number of amides is 3. The molecule has 0 aromatic heterocycles. The third-order valence-corrected chi connectivity index (χ3v) is 9.11. The first-order valence-corrected chi connectivity index (χ1v) is 15.9. The Balaban J connectivity index is 1.45. The van der Waals surface area contributed by atoms with Gasteiger partial charge in [0, 0.05) is 42.0 Å². The molecule has 38 heavy (non-hydrogen) atoms. The number of rotatable bonds is 5. The zero-order valence-electron chi connectivity index (χ0n) is 21.3. The van der Waals surface area contributed by atoms with E-state index in [1.165, 1.54) is 9.80 Å². The van der Waals surface area contributed by atoms with Gasteiger partial charge in [0.25, 0.3) is 5.91 Å². The maximum Gasteiger partial charge on any atom is 0.320 e. The van der Waals surface area contributed by atoms with Crippen LogP contribution >= 0.6 is 0 Å². The summed E-state index contributed by atoms with van der Waals surface area (Å²) in [7, 11) is -2.31. The number of benzene rings is 2. The summed E-state index contributed by atoms with van der Waals surface area (Å²) in [5.74, 6) is -2.06. The Hall–Kier alpha value is -3.67. The lowest BCUT2D eigenvalue weighted by molar-refractivity contribution is -0.139. The van der Waals surface area contributed by atoms with Crippen molar-refractivity contribution >= 4 is 36.9 Å². The monoisotopic (exact) mass is 545 g/mol. The largest absolute Gasteiger partial charge is 0.481 e. The van der Waals surface area contributed by atoms with Gasteiger partial charge in [-0.25, -0.2) is 13.6 Å². The molecular formula is C26H29F2N3O6Si. The molecule has 1 fully saturated rings. The zero-order chi connectivity index (χ0) is 27.4. The average molecular weight is 546 g/mol. The number of fused-ring (bicyclic) bond motifs is 3. The van der Waals surface area contributed by atoms with Gasteiger partial charge in [-0.05, 0) is 30.2 Å². The Morgan fingerprint density at radius 1 is 1.11 bits per heavy atom. The first-order chi connectivity index (χ1) is 17.9. The highest BCUT2D eigenvalue weighted by Gasteiger charge is 2.43. The van der Waals surface area contributed by atoms with Gasteiger partial charge in [0.15, 0.2) is 11.5 Å². The van der Waals surface area contributed by atoms with Gasteiger partial charge in [-0.1, -0.05) is 25.7 Å². The van der Waals surface area contributed by atoms with Crippen molar-refractivity contribution in [3.63, 3.8) is 0 Å². The number of carbonyl (C=O) groups is 3. The van der Waals surface area contributed by atoms with E-state index in [0.717, 1.165) is 17.7 Å². The predicted molar refractivity (Wildman–Crippen MR) is 136 cm³/mol. The molecule has 202 valence electrons. The van der Waals surface area contributed by atoms with E-state index in [9.17, 15) is 23.2 Å². The molecule has 0 bridgehead atoms. The summed E-state index contributed by atoms with van der Waals surface area (Å²) >= 11 is 0. The second-order valence-electron chi connectivity index (χ2n) is 10.9. The maximum atomic E-state index is 14.9. The van der Waals surface area contributed by atoms with Crippen molar-refractivity contribution in [1.82, 2.24) is 9.80 Å². The summed E-state index contributed by atoms with van der Waals surface area (Å²) in [4.78, 5) is 41.1. The number of nitrogens with zero attached hydrogens (tertiary/aromatic N) is 2. The predicted octanol–water partition coefficient (Wildman–Crippen LogP) is 3.30. The minimum atomic E-state index is -2.31. The van der Waals surface area contributed by atoms with Crippen molar-refractivity contribution in [2.45, 2.75) is 38.5 Å². The van der Waals surface area contributed by atoms with Gasteiger partial charge in [0.05, 0.1) is 14.5 Å². The Kier molecular flexibility index (Phi) is 6.54. The molecule has 1 saturated heterocycles. The first-order valence-electron chi connectivity index (χ1n) is 12.4. The molecule has 3 amide bonds. The van der Waals surface area contributed by atoms with E-state index in [0.29, 0.717) is 23.5 Å². The van der Waals surface area contributed by atoms with Crippen molar-refractivity contribution in [3.05, 3.63) is 47.0 Å². The number of urea groups is 1. The molecular weight excluding hydrogens is 516 g/mol. The third kappa shape index (κ3) is 4.68. The molecule has 0 aliphatic carbocycles. The van der Waals surface area contributed by atoms with E-state index < -0.39 is 43.7 Å². The number of halogens is 2. The topological polar surface area (TPSA) is 108 Å². The van der Waals surface area contributed by atoms with Crippen LogP contribution in [-0.2, 0) is 16.0 Å². The maximum absolute atomic E-state index is 14.9. The van der Waals surface area contributed by atoms with Crippen LogP contribution in [0.2, 0.25) is 19.6 Å². The fourth-order valence-electron chi connectivity index (χ4n) is 5.43. The Morgan fingerprint density at radius 3 is 2.42 bits per heavy atom. The fraction of sp³-hybridized carbons (Fsp3) is 0.423. The summed E-state index contributed by atoms with van der Waals surface area (Å²) in [5.41, 5.74) is 1.23. The summed E-state index contributed by atoms with van der Waals surface area (Å²) in [5, 5.41) is 11.7. The SMILES string of the molecule is C[Si](C)(C)c1c(F)cc(NC(=O)[C@H]2c3ccc4c(c3CCN2C(=O)N2CC(CC(=O)O)C2)OCO4)cc1F. The number of carboxylic acids is 1. The smallest absolute Gasteiger partial charge is 0.320 e. The van der Waals surface area contributed by atoms with E-state index in [-0.39, 0.29) is 49.6 Å². The molecule has 1 atom stereocenters. The fourth-order valence-corrected chi connectivity index (χ4v) is 7.01. The molecule has 0 saturated carbocycles. The summed E-state index contributed by atoms with van der Waals surface area (Å²) in [6.45, 7) is 6.28. The number of anilines is 1. The molecule has 2 N–H and O–H groups in total. The average Bonchev–Trinajstić information content (AvgIpc) is 3.27. The highest BCUT2D eigenvalue weighted by Crippen LogP contribution is 2.44. The Morgan fingerprint density at radius 2 is 1.79 bits per heavy atom. The van der Waals surface area contributed by atoms with Gasteiger partial charge in [0.2, 0.25) is 6.79 Å². The molecule has 0 unspecified atom stereocenters. The van der Waals surface area contributed by atoms with Gasteiger partial charge in [-0.3, -0.25) is 9.59 Å². The number of likely N-dealkylation sites (tertiary alicyclic amines) is 1. The zero-order valence-corrected chi connectivity index (χ0v) is 22.3. The van der Waals surface area contributed by atoms with E-state index in [4.69, 9.17) is 14.6 Å². The highest BCUT2D eigenvalue weighted by atomic mass is 28.3. The van der Waals surface area contributed by atoms with Gasteiger partial charge in [-0.15, -0.1) is 0 Å². The molecule has 0 spiro atoms. The lowest BCUT2D eigenvalue weighted by Crippen LogP contribution is -2.58. The molecule has 0 radical (unpaired) electrons. The van der Waals surface area contributed by atoms with Crippen LogP contribution in [0.3, 0.4) is 0 Å². The van der Waals surface area contributed by atoms with Gasteiger partial charge < -0.3 is 29.7 Å². The van der Waals surface area contributed by atoms with Crippen molar-refractivity contribution in [3.8, 4) is 11.5 Å². The molecule has 3 aliphatic heterocycles. The Bertz CT molecular complexity index is 1300. The van der Waals surface area contributed by atoms with Crippen LogP contribution in [0, 0.1) is 17.6 Å². The van der Waals surface area contributed by atoms with Crippen LogP contribution in [-0.4, -0.2) is 67.3 Å². The van der Waals surface area contributed by atoms with E-state index in [1.54, 1.807) is 12.1 Å². The Labute approximate surface area is 219 Å². The molecule has 2 aromatic carbocycles. The first kappa shape index (κ1) is 26.0. The lowest BCUT2D eigenvalue weighted by atomic mass is 9.90. The van der Waals surface area contributed by atoms with Crippen LogP contribution in [0.15, 0.2) is 24.3 Å². The second-order valence-corrected chi connectivity index (χ2v) is 15.9.